The minimum atomic E-state index is 0.816. The van der Waals surface area contributed by atoms with Gasteiger partial charge in [0.1, 0.15) is 5.75 Å². The average molecular weight is 207 g/mol. The first kappa shape index (κ1) is 10.3. The third-order valence-electron chi connectivity index (χ3n) is 2.65. The van der Waals surface area contributed by atoms with E-state index in [1.54, 1.807) is 7.11 Å². The summed E-state index contributed by atoms with van der Waals surface area (Å²) < 4.78 is 10.6. The van der Waals surface area contributed by atoms with Crippen molar-refractivity contribution in [1.29, 1.82) is 0 Å². The molecule has 15 heavy (non-hydrogen) atoms. The molecule has 1 aromatic rings. The summed E-state index contributed by atoms with van der Waals surface area (Å²) in [5.74, 6) is 0.927. The molecule has 1 aliphatic rings. The second kappa shape index (κ2) is 4.53. The molecule has 0 spiro atoms. The number of hydrogen-bond acceptors (Lipinski definition) is 3. The Hall–Kier alpha value is -1.22. The second-order valence-electron chi connectivity index (χ2n) is 3.81. The zero-order valence-electron chi connectivity index (χ0n) is 9.32. The van der Waals surface area contributed by atoms with E-state index in [1.807, 2.05) is 6.07 Å². The van der Waals surface area contributed by atoms with E-state index < -0.39 is 0 Å². The van der Waals surface area contributed by atoms with Gasteiger partial charge in [0.2, 0.25) is 0 Å². The van der Waals surface area contributed by atoms with Gasteiger partial charge in [0.25, 0.3) is 0 Å². The molecule has 0 aliphatic carbocycles. The van der Waals surface area contributed by atoms with Crippen molar-refractivity contribution in [2.45, 2.75) is 6.92 Å². The molecule has 1 aromatic carbocycles. The SMILES string of the molecule is COc1cc(C)cc(N2CCOCC2)c1. The molecule has 0 atom stereocenters. The predicted octanol–water partition coefficient (Wildman–Crippen LogP) is 1.84. The van der Waals surface area contributed by atoms with Crippen molar-refractivity contribution in [3.8, 4) is 5.75 Å². The van der Waals surface area contributed by atoms with Gasteiger partial charge in [0.05, 0.1) is 20.3 Å². The highest BCUT2D eigenvalue weighted by Gasteiger charge is 2.12. The molecular formula is C12H17NO2. The van der Waals surface area contributed by atoms with Crippen molar-refractivity contribution in [3.05, 3.63) is 23.8 Å². The van der Waals surface area contributed by atoms with Crippen molar-refractivity contribution in [3.63, 3.8) is 0 Å². The van der Waals surface area contributed by atoms with E-state index in [1.165, 1.54) is 11.3 Å². The molecule has 1 heterocycles. The molecule has 1 aliphatic heterocycles. The minimum Gasteiger partial charge on any atom is -0.497 e. The number of rotatable bonds is 2. The van der Waals surface area contributed by atoms with Gasteiger partial charge < -0.3 is 14.4 Å². The Morgan fingerprint density at radius 3 is 2.60 bits per heavy atom. The Kier molecular flexibility index (Phi) is 3.11. The quantitative estimate of drug-likeness (QED) is 0.738. The maximum Gasteiger partial charge on any atom is 0.121 e. The Bertz CT molecular complexity index is 332. The molecule has 0 saturated carbocycles. The van der Waals surface area contributed by atoms with E-state index in [-0.39, 0.29) is 0 Å². The zero-order valence-corrected chi connectivity index (χ0v) is 9.32. The summed E-state index contributed by atoms with van der Waals surface area (Å²) in [6, 6.07) is 6.32. The molecule has 1 fully saturated rings. The Balaban J connectivity index is 2.22. The summed E-state index contributed by atoms with van der Waals surface area (Å²) in [7, 11) is 1.71. The number of benzene rings is 1. The van der Waals surface area contributed by atoms with Crippen molar-refractivity contribution < 1.29 is 9.47 Å². The largest absolute Gasteiger partial charge is 0.497 e. The Labute approximate surface area is 90.6 Å². The summed E-state index contributed by atoms with van der Waals surface area (Å²) >= 11 is 0. The molecular weight excluding hydrogens is 190 g/mol. The highest BCUT2D eigenvalue weighted by molar-refractivity contribution is 5.53. The standard InChI is InChI=1S/C12H17NO2/c1-10-7-11(9-12(8-10)14-2)13-3-5-15-6-4-13/h7-9H,3-6H2,1-2H3. The Morgan fingerprint density at radius 2 is 1.93 bits per heavy atom. The first-order valence-corrected chi connectivity index (χ1v) is 5.28. The van der Waals surface area contributed by atoms with Crippen LogP contribution in [0.25, 0.3) is 0 Å². The van der Waals surface area contributed by atoms with Crippen LogP contribution in [0.5, 0.6) is 5.75 Å². The molecule has 0 bridgehead atoms. The van der Waals surface area contributed by atoms with Crippen LogP contribution in [0.2, 0.25) is 0 Å². The van der Waals surface area contributed by atoms with E-state index in [4.69, 9.17) is 9.47 Å². The van der Waals surface area contributed by atoms with E-state index in [9.17, 15) is 0 Å². The zero-order chi connectivity index (χ0) is 10.7. The van der Waals surface area contributed by atoms with Crippen molar-refractivity contribution in [2.24, 2.45) is 0 Å². The summed E-state index contributed by atoms with van der Waals surface area (Å²) in [6.45, 7) is 5.65. The van der Waals surface area contributed by atoms with Crippen molar-refractivity contribution in [2.75, 3.05) is 38.3 Å². The number of methoxy groups -OCH3 is 1. The molecule has 0 N–H and O–H groups in total. The van der Waals surface area contributed by atoms with Crippen molar-refractivity contribution >= 4 is 5.69 Å². The number of ether oxygens (including phenoxy) is 2. The smallest absolute Gasteiger partial charge is 0.121 e. The monoisotopic (exact) mass is 207 g/mol. The summed E-state index contributed by atoms with van der Waals surface area (Å²) in [6.07, 6.45) is 0. The molecule has 0 amide bonds. The first-order valence-electron chi connectivity index (χ1n) is 5.28. The first-order chi connectivity index (χ1) is 7.29. The number of aryl methyl sites for hydroxylation is 1. The maximum absolute atomic E-state index is 5.34. The van der Waals surface area contributed by atoms with Gasteiger partial charge in [-0.1, -0.05) is 0 Å². The minimum absolute atomic E-state index is 0.816. The van der Waals surface area contributed by atoms with Gasteiger partial charge in [0, 0.05) is 24.8 Å². The lowest BCUT2D eigenvalue weighted by Gasteiger charge is -2.29. The molecule has 82 valence electrons. The molecule has 3 heteroatoms. The normalized spacial score (nSPS) is 16.5. The number of hydrogen-bond donors (Lipinski definition) is 0. The van der Waals surface area contributed by atoms with E-state index in [2.05, 4.69) is 24.0 Å². The third kappa shape index (κ3) is 2.42. The fourth-order valence-corrected chi connectivity index (χ4v) is 1.85. The van der Waals surface area contributed by atoms with Crippen molar-refractivity contribution in [1.82, 2.24) is 0 Å². The molecule has 3 nitrogen and oxygen atoms in total. The third-order valence-corrected chi connectivity index (χ3v) is 2.65. The van der Waals surface area contributed by atoms with Gasteiger partial charge in [-0.15, -0.1) is 0 Å². The lowest BCUT2D eigenvalue weighted by atomic mass is 10.2. The van der Waals surface area contributed by atoms with Crippen LogP contribution >= 0.6 is 0 Å². The molecule has 2 rings (SSSR count). The fraction of sp³-hybridized carbons (Fsp3) is 0.500. The van der Waals surface area contributed by atoms with E-state index in [0.29, 0.717) is 0 Å². The lowest BCUT2D eigenvalue weighted by Crippen LogP contribution is -2.36. The summed E-state index contributed by atoms with van der Waals surface area (Å²) in [4.78, 5) is 2.33. The number of anilines is 1. The van der Waals surface area contributed by atoms with Crippen LogP contribution in [-0.4, -0.2) is 33.4 Å². The van der Waals surface area contributed by atoms with Gasteiger partial charge in [-0.25, -0.2) is 0 Å². The van der Waals surface area contributed by atoms with Gasteiger partial charge in [-0.2, -0.15) is 0 Å². The van der Waals surface area contributed by atoms with Crippen LogP contribution in [0.15, 0.2) is 18.2 Å². The summed E-state index contributed by atoms with van der Waals surface area (Å²) in [5.41, 5.74) is 2.46. The molecule has 0 unspecified atom stereocenters. The van der Waals surface area contributed by atoms with Gasteiger partial charge in [-0.05, 0) is 24.6 Å². The highest BCUT2D eigenvalue weighted by Crippen LogP contribution is 2.24. The number of nitrogens with zero attached hydrogens (tertiary/aromatic N) is 1. The van der Waals surface area contributed by atoms with Crippen LogP contribution in [0.4, 0.5) is 5.69 Å². The Morgan fingerprint density at radius 1 is 1.20 bits per heavy atom. The van der Waals surface area contributed by atoms with E-state index >= 15 is 0 Å². The van der Waals surface area contributed by atoms with Crippen LogP contribution < -0.4 is 9.64 Å². The lowest BCUT2D eigenvalue weighted by molar-refractivity contribution is 0.122. The molecule has 1 saturated heterocycles. The average Bonchev–Trinajstić information content (AvgIpc) is 2.29. The maximum atomic E-state index is 5.34. The van der Waals surface area contributed by atoms with Crippen LogP contribution in [0, 0.1) is 6.92 Å². The van der Waals surface area contributed by atoms with Crippen LogP contribution in [0.3, 0.4) is 0 Å². The van der Waals surface area contributed by atoms with Crippen LogP contribution in [-0.2, 0) is 4.74 Å². The van der Waals surface area contributed by atoms with Gasteiger partial charge in [-0.3, -0.25) is 0 Å². The van der Waals surface area contributed by atoms with Gasteiger partial charge in [0.15, 0.2) is 0 Å². The topological polar surface area (TPSA) is 21.7 Å². The number of morpholine rings is 1. The van der Waals surface area contributed by atoms with E-state index in [0.717, 1.165) is 32.1 Å². The summed E-state index contributed by atoms with van der Waals surface area (Å²) in [5, 5.41) is 0. The molecule has 0 radical (unpaired) electrons. The predicted molar refractivity (Wildman–Crippen MR) is 60.8 cm³/mol. The fourth-order valence-electron chi connectivity index (χ4n) is 1.85. The molecule has 0 aromatic heterocycles. The second-order valence-corrected chi connectivity index (χ2v) is 3.81. The van der Waals surface area contributed by atoms with Crippen LogP contribution in [0.1, 0.15) is 5.56 Å². The highest BCUT2D eigenvalue weighted by atomic mass is 16.5. The van der Waals surface area contributed by atoms with Gasteiger partial charge >= 0.3 is 0 Å².